The highest BCUT2D eigenvalue weighted by Crippen LogP contribution is 2.38. The highest BCUT2D eigenvalue weighted by Gasteiger charge is 2.27. The Morgan fingerprint density at radius 1 is 0.906 bits per heavy atom. The Morgan fingerprint density at radius 3 is 2.06 bits per heavy atom. The van der Waals surface area contributed by atoms with Crippen LogP contribution in [-0.4, -0.2) is 67.6 Å². The molecule has 2 saturated heterocycles. The predicted molar refractivity (Wildman–Crippen MR) is 116 cm³/mol. The number of ether oxygens (including phenoxy) is 2. The van der Waals surface area contributed by atoms with E-state index in [0.717, 1.165) is 5.69 Å². The maximum absolute atomic E-state index is 11.9. The van der Waals surface area contributed by atoms with E-state index in [4.69, 9.17) is 14.0 Å². The Balaban J connectivity index is 1.80. The van der Waals surface area contributed by atoms with Crippen LogP contribution in [0.25, 0.3) is 12.2 Å². The van der Waals surface area contributed by atoms with Crippen LogP contribution in [0.3, 0.4) is 0 Å². The highest BCUT2D eigenvalue weighted by atomic mass is 16.6. The summed E-state index contributed by atoms with van der Waals surface area (Å²) >= 11 is 0. The third kappa shape index (κ3) is 4.41. The van der Waals surface area contributed by atoms with E-state index in [1.165, 1.54) is 19.1 Å². The van der Waals surface area contributed by atoms with Gasteiger partial charge in [0.1, 0.15) is 5.69 Å². The van der Waals surface area contributed by atoms with Gasteiger partial charge in [0, 0.05) is 43.5 Å². The second-order valence-corrected chi connectivity index (χ2v) is 7.43. The van der Waals surface area contributed by atoms with Crippen molar-refractivity contribution in [3.8, 4) is 0 Å². The third-order valence-electron chi connectivity index (χ3n) is 5.48. The van der Waals surface area contributed by atoms with Crippen LogP contribution in [0.5, 0.6) is 0 Å². The van der Waals surface area contributed by atoms with Gasteiger partial charge in [0.05, 0.1) is 36.3 Å². The van der Waals surface area contributed by atoms with E-state index in [2.05, 4.69) is 10.1 Å². The zero-order chi connectivity index (χ0) is 22.7. The fourth-order valence-electron chi connectivity index (χ4n) is 3.88. The molecule has 0 unspecified atom stereocenters. The molecule has 0 aliphatic carbocycles. The molecule has 2 fully saturated rings. The first-order valence-corrected chi connectivity index (χ1v) is 10.2. The molecule has 32 heavy (non-hydrogen) atoms. The molecule has 2 aliphatic heterocycles. The summed E-state index contributed by atoms with van der Waals surface area (Å²) in [5.41, 5.74) is 1.77. The summed E-state index contributed by atoms with van der Waals surface area (Å²) in [6.45, 7) is 5.94. The van der Waals surface area contributed by atoms with Crippen molar-refractivity contribution in [3.05, 3.63) is 49.4 Å². The first-order chi connectivity index (χ1) is 15.5. The van der Waals surface area contributed by atoms with Crippen LogP contribution < -0.4 is 9.80 Å². The summed E-state index contributed by atoms with van der Waals surface area (Å²) in [5, 5.41) is 26.9. The molecule has 1 aromatic carbocycles. The van der Waals surface area contributed by atoms with E-state index in [9.17, 15) is 20.2 Å². The number of nitro groups is 2. The van der Waals surface area contributed by atoms with Crippen molar-refractivity contribution in [1.82, 2.24) is 5.16 Å². The van der Waals surface area contributed by atoms with Gasteiger partial charge in [-0.15, -0.1) is 0 Å². The predicted octanol–water partition coefficient (Wildman–Crippen LogP) is 2.64. The summed E-state index contributed by atoms with van der Waals surface area (Å²) in [5.74, 6) is -0.0136. The summed E-state index contributed by atoms with van der Waals surface area (Å²) < 4.78 is 15.9. The Bertz CT molecular complexity index is 1040. The normalized spacial score (nSPS) is 17.2. The van der Waals surface area contributed by atoms with E-state index in [-0.39, 0.29) is 22.8 Å². The standard InChI is InChI=1S/C20H23N5O7/c1-14-20(25(28)29)19(32-21-14)3-2-15-12-18(24(26)27)17(23-6-10-31-11-7-23)13-16(15)22-4-8-30-9-5-22/h2-3,12-13H,4-11H2,1H3/b3-2+. The minimum absolute atomic E-state index is 0.0136. The van der Waals surface area contributed by atoms with E-state index in [1.807, 2.05) is 11.0 Å². The molecule has 4 rings (SSSR count). The van der Waals surface area contributed by atoms with Crippen molar-refractivity contribution in [2.24, 2.45) is 0 Å². The molecule has 12 nitrogen and oxygen atoms in total. The quantitative estimate of drug-likeness (QED) is 0.482. The van der Waals surface area contributed by atoms with Gasteiger partial charge in [-0.25, -0.2) is 0 Å². The number of nitrogens with zero attached hydrogens (tertiary/aromatic N) is 5. The van der Waals surface area contributed by atoms with Crippen LogP contribution in [0, 0.1) is 27.2 Å². The fourth-order valence-corrected chi connectivity index (χ4v) is 3.88. The van der Waals surface area contributed by atoms with Crippen molar-refractivity contribution in [3.63, 3.8) is 0 Å². The average molecular weight is 445 g/mol. The number of rotatable bonds is 6. The molecule has 0 bridgehead atoms. The Morgan fingerprint density at radius 2 is 1.50 bits per heavy atom. The Labute approximate surface area is 183 Å². The lowest BCUT2D eigenvalue weighted by molar-refractivity contribution is -0.386. The maximum Gasteiger partial charge on any atom is 0.338 e. The molecule has 1 aromatic heterocycles. The maximum atomic E-state index is 11.9. The lowest BCUT2D eigenvalue weighted by Gasteiger charge is -2.33. The van der Waals surface area contributed by atoms with Crippen LogP contribution in [0.4, 0.5) is 22.7 Å². The second-order valence-electron chi connectivity index (χ2n) is 7.43. The summed E-state index contributed by atoms with van der Waals surface area (Å²) in [6.07, 6.45) is 3.02. The molecule has 0 amide bonds. The van der Waals surface area contributed by atoms with Gasteiger partial charge in [-0.2, -0.15) is 0 Å². The van der Waals surface area contributed by atoms with Gasteiger partial charge in [0.2, 0.25) is 5.76 Å². The zero-order valence-corrected chi connectivity index (χ0v) is 17.6. The van der Waals surface area contributed by atoms with Crippen molar-refractivity contribution in [2.45, 2.75) is 6.92 Å². The number of aromatic nitrogens is 1. The van der Waals surface area contributed by atoms with Gasteiger partial charge in [-0.1, -0.05) is 5.16 Å². The largest absolute Gasteiger partial charge is 0.378 e. The van der Waals surface area contributed by atoms with Crippen molar-refractivity contribution in [1.29, 1.82) is 0 Å². The Hall–Kier alpha value is -3.51. The fraction of sp³-hybridized carbons (Fsp3) is 0.450. The molecule has 2 aliphatic rings. The molecule has 0 radical (unpaired) electrons. The third-order valence-corrected chi connectivity index (χ3v) is 5.48. The topological polar surface area (TPSA) is 137 Å². The monoisotopic (exact) mass is 445 g/mol. The molecule has 2 aromatic rings. The molecule has 12 heteroatoms. The lowest BCUT2D eigenvalue weighted by Crippen LogP contribution is -2.38. The minimum atomic E-state index is -0.557. The zero-order valence-electron chi connectivity index (χ0n) is 17.6. The van der Waals surface area contributed by atoms with Gasteiger partial charge < -0.3 is 23.8 Å². The van der Waals surface area contributed by atoms with Crippen LogP contribution in [0.2, 0.25) is 0 Å². The molecule has 170 valence electrons. The van der Waals surface area contributed by atoms with Gasteiger partial charge in [-0.05, 0) is 25.1 Å². The van der Waals surface area contributed by atoms with Crippen LogP contribution in [0.15, 0.2) is 16.7 Å². The first-order valence-electron chi connectivity index (χ1n) is 10.2. The van der Waals surface area contributed by atoms with Gasteiger partial charge in [-0.3, -0.25) is 20.2 Å². The summed E-state index contributed by atoms with van der Waals surface area (Å²) in [4.78, 5) is 26.3. The molecule has 0 atom stereocenters. The summed E-state index contributed by atoms with van der Waals surface area (Å²) in [6, 6.07) is 3.32. The smallest absolute Gasteiger partial charge is 0.338 e. The molecule has 0 N–H and O–H groups in total. The summed E-state index contributed by atoms with van der Waals surface area (Å²) in [7, 11) is 0. The van der Waals surface area contributed by atoms with E-state index < -0.39 is 9.85 Å². The van der Waals surface area contributed by atoms with Crippen molar-refractivity contribution < 1.29 is 23.8 Å². The highest BCUT2D eigenvalue weighted by molar-refractivity contribution is 5.84. The average Bonchev–Trinajstić information content (AvgIpc) is 3.18. The molecule has 0 saturated carbocycles. The molecule has 3 heterocycles. The molecule has 0 spiro atoms. The number of benzene rings is 1. The van der Waals surface area contributed by atoms with Gasteiger partial charge in [0.15, 0.2) is 5.69 Å². The van der Waals surface area contributed by atoms with Crippen molar-refractivity contribution >= 4 is 34.9 Å². The van der Waals surface area contributed by atoms with E-state index in [0.29, 0.717) is 63.9 Å². The number of nitro benzene ring substituents is 1. The second kappa shape index (κ2) is 9.32. The lowest BCUT2D eigenvalue weighted by atomic mass is 10.1. The Kier molecular flexibility index (Phi) is 6.32. The van der Waals surface area contributed by atoms with Crippen LogP contribution >= 0.6 is 0 Å². The van der Waals surface area contributed by atoms with Crippen LogP contribution in [-0.2, 0) is 9.47 Å². The number of anilines is 2. The van der Waals surface area contributed by atoms with Crippen LogP contribution in [0.1, 0.15) is 17.0 Å². The van der Waals surface area contributed by atoms with E-state index >= 15 is 0 Å². The van der Waals surface area contributed by atoms with Crippen molar-refractivity contribution in [2.75, 3.05) is 62.4 Å². The number of hydrogen-bond acceptors (Lipinski definition) is 10. The minimum Gasteiger partial charge on any atom is -0.378 e. The number of morpholine rings is 2. The number of aryl methyl sites for hydroxylation is 1. The SMILES string of the molecule is Cc1noc(/C=C/c2cc([N+](=O)[O-])c(N3CCOCC3)cc2N2CCOCC2)c1[N+](=O)[O-]. The van der Waals surface area contributed by atoms with Gasteiger partial charge >= 0.3 is 5.69 Å². The molecular formula is C20H23N5O7. The first kappa shape index (κ1) is 21.7. The number of hydrogen-bond donors (Lipinski definition) is 0. The van der Waals surface area contributed by atoms with Gasteiger partial charge in [0.25, 0.3) is 5.69 Å². The van der Waals surface area contributed by atoms with E-state index in [1.54, 1.807) is 6.08 Å². The molecular weight excluding hydrogens is 422 g/mol.